The molecule has 0 aliphatic rings. The molecule has 0 amide bonds. The van der Waals surface area contributed by atoms with Crippen molar-refractivity contribution < 1.29 is 26.7 Å². The number of aromatic nitrogens is 1. The Morgan fingerprint density at radius 1 is 1.12 bits per heavy atom. The molecule has 3 heteroatoms. The van der Waals surface area contributed by atoms with E-state index in [1.807, 2.05) is 0 Å². The number of aliphatic hydroxyl groups is 1. The number of hydrogen-bond donors (Lipinski definition) is 1. The Morgan fingerprint density at radius 2 is 1.88 bits per heavy atom. The van der Waals surface area contributed by atoms with Gasteiger partial charge in [0.1, 0.15) is 6.54 Å². The van der Waals surface area contributed by atoms with Gasteiger partial charge < -0.3 is 22.1 Å². The summed E-state index contributed by atoms with van der Waals surface area (Å²) in [5.41, 5.74) is 1.44. The van der Waals surface area contributed by atoms with E-state index in [0.717, 1.165) is 25.8 Å². The summed E-state index contributed by atoms with van der Waals surface area (Å²) in [6, 6.07) is 6.44. The van der Waals surface area contributed by atoms with Crippen LogP contribution < -0.4 is 21.5 Å². The van der Waals surface area contributed by atoms with Crippen LogP contribution in [0.15, 0.2) is 24.4 Å². The van der Waals surface area contributed by atoms with Crippen LogP contribution in [-0.4, -0.2) is 11.7 Å². The molecule has 0 aliphatic carbocycles. The normalized spacial score (nSPS) is 10.0. The lowest BCUT2D eigenvalue weighted by Gasteiger charge is -2.02. The SMILES string of the molecule is CCCc1cccc[n+]1CCCCCCO.[Br-]. The molecule has 1 N–H and O–H groups in total. The standard InChI is InChI=1S/C14H24NO.BrH/c1-2-9-14-10-5-7-12-15(14)11-6-3-4-8-13-16;/h5,7,10,12,16H,2-4,6,8-9,11,13H2,1H3;1H/q+1;/p-1. The van der Waals surface area contributed by atoms with E-state index in [4.69, 9.17) is 5.11 Å². The summed E-state index contributed by atoms with van der Waals surface area (Å²) in [7, 11) is 0. The molecular weight excluding hydrogens is 278 g/mol. The topological polar surface area (TPSA) is 24.1 Å². The molecule has 1 rings (SSSR count). The van der Waals surface area contributed by atoms with Crippen molar-refractivity contribution in [2.24, 2.45) is 0 Å². The molecule has 0 spiro atoms. The van der Waals surface area contributed by atoms with Crippen molar-refractivity contribution in [2.45, 2.75) is 52.0 Å². The molecule has 1 aromatic heterocycles. The van der Waals surface area contributed by atoms with E-state index in [9.17, 15) is 0 Å². The van der Waals surface area contributed by atoms with Crippen molar-refractivity contribution >= 4 is 0 Å². The van der Waals surface area contributed by atoms with E-state index in [1.54, 1.807) is 0 Å². The fourth-order valence-corrected chi connectivity index (χ4v) is 1.96. The fourth-order valence-electron chi connectivity index (χ4n) is 1.96. The van der Waals surface area contributed by atoms with Gasteiger partial charge in [-0.3, -0.25) is 0 Å². The molecular formula is C14H24BrNO. The van der Waals surface area contributed by atoms with Crippen molar-refractivity contribution in [3.05, 3.63) is 30.1 Å². The van der Waals surface area contributed by atoms with E-state index in [2.05, 4.69) is 35.9 Å². The first kappa shape index (κ1) is 16.6. The highest BCUT2D eigenvalue weighted by Gasteiger charge is 2.07. The van der Waals surface area contributed by atoms with Crippen molar-refractivity contribution in [3.8, 4) is 0 Å². The summed E-state index contributed by atoms with van der Waals surface area (Å²) in [5.74, 6) is 0. The van der Waals surface area contributed by atoms with Crippen LogP contribution in [0.3, 0.4) is 0 Å². The molecule has 17 heavy (non-hydrogen) atoms. The molecule has 0 saturated heterocycles. The van der Waals surface area contributed by atoms with Crippen molar-refractivity contribution in [3.63, 3.8) is 0 Å². The van der Waals surface area contributed by atoms with E-state index in [-0.39, 0.29) is 17.0 Å². The second-order valence-electron chi connectivity index (χ2n) is 4.27. The predicted molar refractivity (Wildman–Crippen MR) is 66.2 cm³/mol. The third kappa shape index (κ3) is 6.79. The van der Waals surface area contributed by atoms with E-state index in [1.165, 1.54) is 25.0 Å². The maximum Gasteiger partial charge on any atom is 0.181 e. The first-order chi connectivity index (χ1) is 7.88. The Morgan fingerprint density at radius 3 is 2.59 bits per heavy atom. The average molecular weight is 302 g/mol. The van der Waals surface area contributed by atoms with E-state index < -0.39 is 0 Å². The number of rotatable bonds is 8. The highest BCUT2D eigenvalue weighted by Crippen LogP contribution is 2.01. The molecule has 0 bridgehead atoms. The number of halogens is 1. The zero-order chi connectivity index (χ0) is 11.6. The molecule has 0 fully saturated rings. The number of pyridine rings is 1. The van der Waals surface area contributed by atoms with Gasteiger partial charge in [-0.15, -0.1) is 0 Å². The number of hydrogen-bond acceptors (Lipinski definition) is 1. The van der Waals surface area contributed by atoms with Gasteiger partial charge in [-0.25, -0.2) is 4.57 Å². The Labute approximate surface area is 115 Å². The number of aliphatic hydroxyl groups excluding tert-OH is 1. The molecule has 98 valence electrons. The fraction of sp³-hybridized carbons (Fsp3) is 0.643. The zero-order valence-electron chi connectivity index (χ0n) is 10.7. The van der Waals surface area contributed by atoms with Gasteiger partial charge in [-0.1, -0.05) is 19.4 Å². The van der Waals surface area contributed by atoms with E-state index in [0.29, 0.717) is 6.61 Å². The molecule has 0 unspecified atom stereocenters. The minimum Gasteiger partial charge on any atom is -1.00 e. The first-order valence-electron chi connectivity index (χ1n) is 6.46. The predicted octanol–water partition coefficient (Wildman–Crippen LogP) is -0.517. The maximum atomic E-state index is 8.69. The summed E-state index contributed by atoms with van der Waals surface area (Å²) < 4.78 is 2.36. The van der Waals surface area contributed by atoms with Crippen LogP contribution in [0.2, 0.25) is 0 Å². The zero-order valence-corrected chi connectivity index (χ0v) is 12.3. The molecule has 1 aromatic rings. The molecule has 0 atom stereocenters. The third-order valence-electron chi connectivity index (χ3n) is 2.85. The maximum absolute atomic E-state index is 8.69. The third-order valence-corrected chi connectivity index (χ3v) is 2.85. The van der Waals surface area contributed by atoms with Gasteiger partial charge in [0.2, 0.25) is 0 Å². The summed E-state index contributed by atoms with van der Waals surface area (Å²) in [6.45, 7) is 3.67. The Balaban J connectivity index is 0.00000256. The lowest BCUT2D eigenvalue weighted by atomic mass is 10.2. The summed E-state index contributed by atoms with van der Waals surface area (Å²) in [6.07, 6.45) is 9.07. The van der Waals surface area contributed by atoms with Crippen molar-refractivity contribution in [1.29, 1.82) is 0 Å². The van der Waals surface area contributed by atoms with Crippen molar-refractivity contribution in [1.82, 2.24) is 0 Å². The summed E-state index contributed by atoms with van der Waals surface area (Å²) >= 11 is 0. The van der Waals surface area contributed by atoms with Gasteiger partial charge in [0.25, 0.3) is 0 Å². The van der Waals surface area contributed by atoms with Crippen LogP contribution >= 0.6 is 0 Å². The summed E-state index contributed by atoms with van der Waals surface area (Å²) in [5, 5.41) is 8.69. The number of aryl methyl sites for hydroxylation is 2. The molecule has 2 nitrogen and oxygen atoms in total. The highest BCUT2D eigenvalue weighted by molar-refractivity contribution is 4.97. The largest absolute Gasteiger partial charge is 1.00 e. The Kier molecular flexibility index (Phi) is 10.5. The Hall–Kier alpha value is -0.410. The van der Waals surface area contributed by atoms with Gasteiger partial charge in [0.15, 0.2) is 11.9 Å². The van der Waals surface area contributed by atoms with Gasteiger partial charge in [-0.2, -0.15) is 0 Å². The van der Waals surface area contributed by atoms with Crippen LogP contribution in [0.25, 0.3) is 0 Å². The van der Waals surface area contributed by atoms with Crippen molar-refractivity contribution in [2.75, 3.05) is 6.61 Å². The van der Waals surface area contributed by atoms with Crippen LogP contribution in [0.1, 0.15) is 44.7 Å². The van der Waals surface area contributed by atoms with Crippen LogP contribution in [0, 0.1) is 0 Å². The average Bonchev–Trinajstić information content (AvgIpc) is 2.31. The van der Waals surface area contributed by atoms with Crippen LogP contribution in [-0.2, 0) is 13.0 Å². The highest BCUT2D eigenvalue weighted by atomic mass is 79.9. The number of nitrogens with zero attached hydrogens (tertiary/aromatic N) is 1. The molecule has 0 radical (unpaired) electrons. The minimum absolute atomic E-state index is 0. The second-order valence-corrected chi connectivity index (χ2v) is 4.27. The number of unbranched alkanes of at least 4 members (excludes halogenated alkanes) is 3. The van der Waals surface area contributed by atoms with Gasteiger partial charge >= 0.3 is 0 Å². The lowest BCUT2D eigenvalue weighted by Crippen LogP contribution is -3.00. The molecule has 0 saturated carbocycles. The van der Waals surface area contributed by atoms with Gasteiger partial charge in [0, 0.05) is 31.6 Å². The second kappa shape index (κ2) is 10.7. The van der Waals surface area contributed by atoms with Gasteiger partial charge in [0.05, 0.1) is 0 Å². The molecule has 0 aliphatic heterocycles. The Bertz CT molecular complexity index is 291. The summed E-state index contributed by atoms with van der Waals surface area (Å²) in [4.78, 5) is 0. The van der Waals surface area contributed by atoms with Gasteiger partial charge in [-0.05, 0) is 19.3 Å². The quantitative estimate of drug-likeness (QED) is 0.507. The minimum atomic E-state index is 0. The molecule has 1 heterocycles. The monoisotopic (exact) mass is 301 g/mol. The molecule has 0 aromatic carbocycles. The van der Waals surface area contributed by atoms with E-state index >= 15 is 0 Å². The van der Waals surface area contributed by atoms with Crippen LogP contribution in [0.5, 0.6) is 0 Å². The van der Waals surface area contributed by atoms with Crippen LogP contribution in [0.4, 0.5) is 0 Å². The lowest BCUT2D eigenvalue weighted by molar-refractivity contribution is -0.704. The smallest absolute Gasteiger partial charge is 0.181 e. The first-order valence-corrected chi connectivity index (χ1v) is 6.46.